The van der Waals surface area contributed by atoms with Crippen molar-refractivity contribution in [3.63, 3.8) is 0 Å². The molecule has 0 saturated carbocycles. The molecule has 1 aromatic heterocycles. The molecule has 1 aliphatic heterocycles. The Labute approximate surface area is 93.2 Å². The molecule has 0 spiro atoms. The van der Waals surface area contributed by atoms with Gasteiger partial charge in [-0.15, -0.1) is 0 Å². The molecular formula is C10H14N4O2. The average molecular weight is 222 g/mol. The second-order valence-electron chi connectivity index (χ2n) is 3.62. The quantitative estimate of drug-likeness (QED) is 0.746. The zero-order valence-electron chi connectivity index (χ0n) is 8.80. The van der Waals surface area contributed by atoms with Crippen LogP contribution in [0.2, 0.25) is 0 Å². The van der Waals surface area contributed by atoms with E-state index >= 15 is 0 Å². The van der Waals surface area contributed by atoms with E-state index in [0.717, 1.165) is 6.42 Å². The van der Waals surface area contributed by atoms with Crippen LogP contribution in [-0.4, -0.2) is 34.6 Å². The van der Waals surface area contributed by atoms with Gasteiger partial charge in [0, 0.05) is 18.9 Å². The molecule has 3 N–H and O–H groups in total. The first kappa shape index (κ1) is 11.0. The molecule has 2 heterocycles. The lowest BCUT2D eigenvalue weighted by atomic mass is 10.2. The van der Waals surface area contributed by atoms with Crippen LogP contribution in [0.3, 0.4) is 0 Å². The molecule has 0 aromatic carbocycles. The van der Waals surface area contributed by atoms with E-state index in [0.29, 0.717) is 18.9 Å². The highest BCUT2D eigenvalue weighted by Crippen LogP contribution is 2.19. The van der Waals surface area contributed by atoms with Crippen molar-refractivity contribution in [2.24, 2.45) is 5.73 Å². The van der Waals surface area contributed by atoms with E-state index in [2.05, 4.69) is 15.3 Å². The van der Waals surface area contributed by atoms with Crippen LogP contribution in [0.4, 0.5) is 5.95 Å². The van der Waals surface area contributed by atoms with Gasteiger partial charge < -0.3 is 10.5 Å². The zero-order chi connectivity index (χ0) is 11.4. The molecule has 6 nitrogen and oxygen atoms in total. The summed E-state index contributed by atoms with van der Waals surface area (Å²) in [6.45, 7) is 0.450. The number of nitrogens with zero attached hydrogens (tertiary/aromatic N) is 2. The average Bonchev–Trinajstić information content (AvgIpc) is 2.79. The standard InChI is InChI=1S/C10H14N4O2/c11-6-7-2-3-8(16-7)9(15)14-10-12-4-1-5-13-10/h1,4-5,7-8H,2-3,6,11H2,(H,12,13,14,15). The minimum atomic E-state index is -0.433. The summed E-state index contributed by atoms with van der Waals surface area (Å²) in [5.41, 5.74) is 5.47. The molecule has 0 bridgehead atoms. The normalized spacial score (nSPS) is 24.3. The van der Waals surface area contributed by atoms with Crippen molar-refractivity contribution in [2.75, 3.05) is 11.9 Å². The summed E-state index contributed by atoms with van der Waals surface area (Å²) in [5.74, 6) is 0.0921. The summed E-state index contributed by atoms with van der Waals surface area (Å²) in [7, 11) is 0. The van der Waals surface area contributed by atoms with E-state index in [-0.39, 0.29) is 12.0 Å². The Morgan fingerprint density at radius 3 is 2.88 bits per heavy atom. The maximum Gasteiger partial charge on any atom is 0.255 e. The van der Waals surface area contributed by atoms with Gasteiger partial charge in [-0.05, 0) is 18.9 Å². The largest absolute Gasteiger partial charge is 0.364 e. The fourth-order valence-corrected chi connectivity index (χ4v) is 1.63. The Balaban J connectivity index is 1.90. The highest BCUT2D eigenvalue weighted by atomic mass is 16.5. The number of nitrogens with two attached hydrogens (primary N) is 1. The number of carbonyl (C=O) groups is 1. The van der Waals surface area contributed by atoms with Gasteiger partial charge in [0.25, 0.3) is 5.91 Å². The van der Waals surface area contributed by atoms with E-state index < -0.39 is 6.10 Å². The number of hydrogen-bond donors (Lipinski definition) is 2. The van der Waals surface area contributed by atoms with Crippen LogP contribution in [0.15, 0.2) is 18.5 Å². The minimum Gasteiger partial charge on any atom is -0.364 e. The molecule has 0 aliphatic carbocycles. The summed E-state index contributed by atoms with van der Waals surface area (Å²) in [4.78, 5) is 19.5. The van der Waals surface area contributed by atoms with Crippen LogP contribution >= 0.6 is 0 Å². The third-order valence-electron chi connectivity index (χ3n) is 2.46. The second-order valence-corrected chi connectivity index (χ2v) is 3.62. The van der Waals surface area contributed by atoms with Crippen molar-refractivity contribution in [1.82, 2.24) is 9.97 Å². The van der Waals surface area contributed by atoms with Crippen LogP contribution in [0.25, 0.3) is 0 Å². The first-order valence-corrected chi connectivity index (χ1v) is 5.23. The van der Waals surface area contributed by atoms with Crippen LogP contribution in [-0.2, 0) is 9.53 Å². The number of carbonyl (C=O) groups excluding carboxylic acids is 1. The molecule has 6 heteroatoms. The molecule has 0 radical (unpaired) electrons. The first-order valence-electron chi connectivity index (χ1n) is 5.23. The molecule has 2 rings (SSSR count). The summed E-state index contributed by atoms with van der Waals surface area (Å²) in [6, 6.07) is 1.69. The number of amides is 1. The lowest BCUT2D eigenvalue weighted by Gasteiger charge is -2.11. The SMILES string of the molecule is NCC1CCC(C(=O)Nc2ncccn2)O1. The Hall–Kier alpha value is -1.53. The monoisotopic (exact) mass is 222 g/mol. The van der Waals surface area contributed by atoms with Crippen molar-refractivity contribution < 1.29 is 9.53 Å². The van der Waals surface area contributed by atoms with Gasteiger partial charge in [-0.1, -0.05) is 0 Å². The van der Waals surface area contributed by atoms with Crippen molar-refractivity contribution in [2.45, 2.75) is 25.0 Å². The Morgan fingerprint density at radius 2 is 2.25 bits per heavy atom. The van der Waals surface area contributed by atoms with Gasteiger partial charge in [-0.25, -0.2) is 9.97 Å². The van der Waals surface area contributed by atoms with E-state index in [4.69, 9.17) is 10.5 Å². The summed E-state index contributed by atoms with van der Waals surface area (Å²) < 4.78 is 5.45. The van der Waals surface area contributed by atoms with Crippen LogP contribution in [0, 0.1) is 0 Å². The maximum atomic E-state index is 11.7. The maximum absolute atomic E-state index is 11.7. The van der Waals surface area contributed by atoms with Gasteiger partial charge in [0.15, 0.2) is 0 Å². The van der Waals surface area contributed by atoms with E-state index in [1.807, 2.05) is 0 Å². The zero-order valence-corrected chi connectivity index (χ0v) is 8.80. The number of anilines is 1. The lowest BCUT2D eigenvalue weighted by molar-refractivity contribution is -0.126. The summed E-state index contributed by atoms with van der Waals surface area (Å²) in [6.07, 6.45) is 4.22. The van der Waals surface area contributed by atoms with E-state index in [1.54, 1.807) is 18.5 Å². The molecule has 86 valence electrons. The van der Waals surface area contributed by atoms with Gasteiger partial charge in [-0.2, -0.15) is 0 Å². The Bertz CT molecular complexity index is 357. The number of rotatable bonds is 3. The highest BCUT2D eigenvalue weighted by Gasteiger charge is 2.30. The number of ether oxygens (including phenoxy) is 1. The predicted molar refractivity (Wildman–Crippen MR) is 57.6 cm³/mol. The Morgan fingerprint density at radius 1 is 1.50 bits per heavy atom. The third kappa shape index (κ3) is 2.53. The van der Waals surface area contributed by atoms with E-state index in [1.165, 1.54) is 0 Å². The Kier molecular flexibility index (Phi) is 3.43. The molecule has 1 aliphatic rings. The number of aromatic nitrogens is 2. The number of hydrogen-bond acceptors (Lipinski definition) is 5. The molecular weight excluding hydrogens is 208 g/mol. The lowest BCUT2D eigenvalue weighted by Crippen LogP contribution is -2.30. The topological polar surface area (TPSA) is 90.1 Å². The molecule has 2 unspecified atom stereocenters. The van der Waals surface area contributed by atoms with Gasteiger partial charge in [0.1, 0.15) is 6.10 Å². The van der Waals surface area contributed by atoms with Gasteiger partial charge in [0.05, 0.1) is 6.10 Å². The summed E-state index contributed by atoms with van der Waals surface area (Å²) >= 11 is 0. The molecule has 1 aromatic rings. The predicted octanol–water partition coefficient (Wildman–Crippen LogP) is -0.0786. The highest BCUT2D eigenvalue weighted by molar-refractivity contribution is 5.92. The minimum absolute atomic E-state index is 0.00700. The van der Waals surface area contributed by atoms with Crippen molar-refractivity contribution >= 4 is 11.9 Å². The molecule has 1 amide bonds. The number of nitrogens with one attached hydrogen (secondary N) is 1. The fourth-order valence-electron chi connectivity index (χ4n) is 1.63. The molecule has 16 heavy (non-hydrogen) atoms. The van der Waals surface area contributed by atoms with Crippen LogP contribution in [0.1, 0.15) is 12.8 Å². The second kappa shape index (κ2) is 5.00. The van der Waals surface area contributed by atoms with Crippen molar-refractivity contribution in [3.05, 3.63) is 18.5 Å². The van der Waals surface area contributed by atoms with Gasteiger partial charge in [0.2, 0.25) is 5.95 Å². The smallest absolute Gasteiger partial charge is 0.255 e. The molecule has 2 atom stereocenters. The molecule has 1 fully saturated rings. The third-order valence-corrected chi connectivity index (χ3v) is 2.46. The van der Waals surface area contributed by atoms with Crippen molar-refractivity contribution in [3.8, 4) is 0 Å². The first-order chi connectivity index (χ1) is 7.79. The van der Waals surface area contributed by atoms with E-state index in [9.17, 15) is 4.79 Å². The van der Waals surface area contributed by atoms with Crippen LogP contribution < -0.4 is 11.1 Å². The van der Waals surface area contributed by atoms with Gasteiger partial charge in [-0.3, -0.25) is 10.1 Å². The van der Waals surface area contributed by atoms with Crippen molar-refractivity contribution in [1.29, 1.82) is 0 Å². The van der Waals surface area contributed by atoms with Crippen LogP contribution in [0.5, 0.6) is 0 Å². The fraction of sp³-hybridized carbons (Fsp3) is 0.500. The van der Waals surface area contributed by atoms with Gasteiger partial charge >= 0.3 is 0 Å². The summed E-state index contributed by atoms with van der Waals surface area (Å²) in [5, 5.41) is 2.60. The molecule has 1 saturated heterocycles.